The topological polar surface area (TPSA) is 9.23 Å². The summed E-state index contributed by atoms with van der Waals surface area (Å²) < 4.78 is 5.72. The molecule has 1 fully saturated rings. The lowest BCUT2D eigenvalue weighted by atomic mass is 9.96. The zero-order valence-electron chi connectivity index (χ0n) is 9.30. The lowest BCUT2D eigenvalue weighted by molar-refractivity contribution is 0.00545. The van der Waals surface area contributed by atoms with E-state index >= 15 is 0 Å². The molecular formula is C12H23BrO. The Hall–Kier alpha value is 0.440. The summed E-state index contributed by atoms with van der Waals surface area (Å²) in [6, 6.07) is 0. The van der Waals surface area contributed by atoms with Crippen LogP contribution in [0.1, 0.15) is 58.3 Å². The van der Waals surface area contributed by atoms with Crippen molar-refractivity contribution in [3.8, 4) is 0 Å². The van der Waals surface area contributed by atoms with Crippen molar-refractivity contribution in [2.24, 2.45) is 0 Å². The number of hydrogen-bond donors (Lipinski definition) is 0. The molecule has 2 heteroatoms. The minimum absolute atomic E-state index is 0.565. The van der Waals surface area contributed by atoms with E-state index in [2.05, 4.69) is 22.9 Å². The summed E-state index contributed by atoms with van der Waals surface area (Å²) in [5.74, 6) is 0. The van der Waals surface area contributed by atoms with E-state index in [1.54, 1.807) is 0 Å². The van der Waals surface area contributed by atoms with Gasteiger partial charge < -0.3 is 4.74 Å². The number of halogens is 1. The van der Waals surface area contributed by atoms with E-state index in [9.17, 15) is 0 Å². The van der Waals surface area contributed by atoms with Crippen LogP contribution in [0.4, 0.5) is 0 Å². The van der Waals surface area contributed by atoms with Gasteiger partial charge in [0.1, 0.15) is 0 Å². The van der Waals surface area contributed by atoms with Crippen LogP contribution in [0, 0.1) is 0 Å². The molecule has 0 amide bonds. The molecule has 1 saturated carbocycles. The molecule has 0 heterocycles. The lowest BCUT2D eigenvalue weighted by Gasteiger charge is -2.31. The van der Waals surface area contributed by atoms with E-state index in [4.69, 9.17) is 4.74 Å². The summed E-state index contributed by atoms with van der Waals surface area (Å²) in [6.45, 7) is 3.24. The van der Waals surface area contributed by atoms with Gasteiger partial charge in [0, 0.05) is 11.4 Å². The average Bonchev–Trinajstić information content (AvgIpc) is 2.13. The van der Waals surface area contributed by atoms with Crippen LogP contribution in [0.3, 0.4) is 0 Å². The number of alkyl halides is 1. The molecule has 0 aromatic carbocycles. The predicted molar refractivity (Wildman–Crippen MR) is 65.1 cm³/mol. The molecule has 0 spiro atoms. The van der Waals surface area contributed by atoms with Crippen LogP contribution in [0.5, 0.6) is 0 Å². The molecule has 0 aromatic rings. The molecule has 0 bridgehead atoms. The van der Waals surface area contributed by atoms with Gasteiger partial charge in [-0.1, -0.05) is 55.0 Å². The maximum Gasteiger partial charge on any atom is 0.0596 e. The fourth-order valence-corrected chi connectivity index (χ4v) is 2.60. The maximum absolute atomic E-state index is 5.72. The molecule has 14 heavy (non-hydrogen) atoms. The smallest absolute Gasteiger partial charge is 0.0596 e. The molecule has 84 valence electrons. The maximum atomic E-state index is 5.72. The van der Waals surface area contributed by atoms with Crippen molar-refractivity contribution in [2.75, 3.05) is 6.61 Å². The molecule has 1 rings (SSSR count). The van der Waals surface area contributed by atoms with Crippen LogP contribution < -0.4 is 0 Å². The van der Waals surface area contributed by atoms with E-state index in [0.717, 1.165) is 11.4 Å². The van der Waals surface area contributed by atoms with Gasteiger partial charge in [-0.3, -0.25) is 0 Å². The molecular weight excluding hydrogens is 240 g/mol. The minimum atomic E-state index is 0.565. The van der Waals surface area contributed by atoms with Crippen molar-refractivity contribution in [1.29, 1.82) is 0 Å². The Bertz CT molecular complexity index is 132. The Morgan fingerprint density at radius 2 is 1.71 bits per heavy atom. The Morgan fingerprint density at radius 1 is 1.07 bits per heavy atom. The van der Waals surface area contributed by atoms with Gasteiger partial charge in [-0.15, -0.1) is 0 Å². The Balaban J connectivity index is 1.72. The largest absolute Gasteiger partial charge is 0.378 e. The van der Waals surface area contributed by atoms with Gasteiger partial charge in [-0.05, 0) is 19.3 Å². The monoisotopic (exact) mass is 262 g/mol. The fourth-order valence-electron chi connectivity index (χ4n) is 1.77. The van der Waals surface area contributed by atoms with E-state index in [1.165, 1.54) is 51.4 Å². The Kier molecular flexibility index (Phi) is 6.88. The highest BCUT2D eigenvalue weighted by Crippen LogP contribution is 2.29. The molecule has 0 radical (unpaired) electrons. The van der Waals surface area contributed by atoms with Crippen LogP contribution in [0.25, 0.3) is 0 Å². The molecule has 0 saturated heterocycles. The third kappa shape index (κ3) is 5.35. The summed E-state index contributed by atoms with van der Waals surface area (Å²) in [7, 11) is 0. The highest BCUT2D eigenvalue weighted by atomic mass is 79.9. The quantitative estimate of drug-likeness (QED) is 0.469. The zero-order valence-corrected chi connectivity index (χ0v) is 10.9. The van der Waals surface area contributed by atoms with E-state index in [0.29, 0.717) is 6.10 Å². The SMILES string of the molecule is CCCCCCCCOC1CC(Br)C1. The zero-order chi connectivity index (χ0) is 10.2. The van der Waals surface area contributed by atoms with Crippen LogP contribution in [0.2, 0.25) is 0 Å². The van der Waals surface area contributed by atoms with Crippen LogP contribution in [-0.2, 0) is 4.74 Å². The minimum Gasteiger partial charge on any atom is -0.378 e. The third-order valence-electron chi connectivity index (χ3n) is 2.89. The molecule has 0 unspecified atom stereocenters. The molecule has 0 N–H and O–H groups in total. The molecule has 0 aromatic heterocycles. The first-order valence-corrected chi connectivity index (χ1v) is 7.00. The molecule has 0 atom stereocenters. The van der Waals surface area contributed by atoms with Crippen molar-refractivity contribution in [1.82, 2.24) is 0 Å². The second kappa shape index (κ2) is 7.70. The van der Waals surface area contributed by atoms with Gasteiger partial charge in [-0.2, -0.15) is 0 Å². The Labute approximate surface area is 96.7 Å². The van der Waals surface area contributed by atoms with Crippen molar-refractivity contribution < 1.29 is 4.74 Å². The first-order valence-electron chi connectivity index (χ1n) is 6.08. The second-order valence-corrected chi connectivity index (χ2v) is 5.62. The van der Waals surface area contributed by atoms with Crippen LogP contribution >= 0.6 is 15.9 Å². The molecule has 1 aliphatic carbocycles. The lowest BCUT2D eigenvalue weighted by Crippen LogP contribution is -2.31. The standard InChI is InChI=1S/C12H23BrO/c1-2-3-4-5-6-7-8-14-12-9-11(13)10-12/h11-12H,2-10H2,1H3. The summed E-state index contributed by atoms with van der Waals surface area (Å²) in [5, 5.41) is 0. The first kappa shape index (κ1) is 12.5. The third-order valence-corrected chi connectivity index (χ3v) is 3.64. The van der Waals surface area contributed by atoms with Gasteiger partial charge in [0.2, 0.25) is 0 Å². The Morgan fingerprint density at radius 3 is 2.36 bits per heavy atom. The highest BCUT2D eigenvalue weighted by molar-refractivity contribution is 9.09. The summed E-state index contributed by atoms with van der Waals surface area (Å²) >= 11 is 3.57. The van der Waals surface area contributed by atoms with Crippen LogP contribution in [-0.4, -0.2) is 17.5 Å². The molecule has 1 aliphatic rings. The first-order chi connectivity index (χ1) is 6.83. The van der Waals surface area contributed by atoms with Crippen molar-refractivity contribution >= 4 is 15.9 Å². The van der Waals surface area contributed by atoms with E-state index in [-0.39, 0.29) is 0 Å². The molecule has 1 nitrogen and oxygen atoms in total. The second-order valence-electron chi connectivity index (χ2n) is 4.33. The summed E-state index contributed by atoms with van der Waals surface area (Å²) in [4.78, 5) is 0.733. The average molecular weight is 263 g/mol. The van der Waals surface area contributed by atoms with Gasteiger partial charge >= 0.3 is 0 Å². The number of rotatable bonds is 8. The summed E-state index contributed by atoms with van der Waals surface area (Å²) in [5.41, 5.74) is 0. The van der Waals surface area contributed by atoms with E-state index in [1.807, 2.05) is 0 Å². The summed E-state index contributed by atoms with van der Waals surface area (Å²) in [6.07, 6.45) is 11.1. The van der Waals surface area contributed by atoms with Crippen molar-refractivity contribution in [3.63, 3.8) is 0 Å². The normalized spacial score (nSPS) is 26.1. The van der Waals surface area contributed by atoms with Crippen LogP contribution in [0.15, 0.2) is 0 Å². The fraction of sp³-hybridized carbons (Fsp3) is 1.00. The number of unbranched alkanes of at least 4 members (excludes halogenated alkanes) is 5. The van der Waals surface area contributed by atoms with Gasteiger partial charge in [0.05, 0.1) is 6.10 Å². The number of hydrogen-bond acceptors (Lipinski definition) is 1. The van der Waals surface area contributed by atoms with Gasteiger partial charge in [0.25, 0.3) is 0 Å². The van der Waals surface area contributed by atoms with Crippen molar-refractivity contribution in [3.05, 3.63) is 0 Å². The number of ether oxygens (including phenoxy) is 1. The van der Waals surface area contributed by atoms with Crippen molar-refractivity contribution in [2.45, 2.75) is 69.2 Å². The van der Waals surface area contributed by atoms with Gasteiger partial charge in [0.15, 0.2) is 0 Å². The van der Waals surface area contributed by atoms with E-state index < -0.39 is 0 Å². The predicted octanol–water partition coefficient (Wildman–Crippen LogP) is 4.29. The molecule has 0 aliphatic heterocycles. The highest BCUT2D eigenvalue weighted by Gasteiger charge is 2.26. The van der Waals surface area contributed by atoms with Gasteiger partial charge in [-0.25, -0.2) is 0 Å².